The monoisotopic (exact) mass is 473 g/mol. The van der Waals surface area contributed by atoms with Gasteiger partial charge in [-0.2, -0.15) is 9.40 Å². The molecule has 32 heavy (non-hydrogen) atoms. The molecule has 1 amide bonds. The van der Waals surface area contributed by atoms with Crippen LogP contribution >= 0.6 is 11.6 Å². The molecule has 0 spiro atoms. The number of rotatable bonds is 5. The lowest BCUT2D eigenvalue weighted by atomic mass is 10.1. The number of sulfonamides is 1. The summed E-state index contributed by atoms with van der Waals surface area (Å²) in [5.41, 5.74) is 3.14. The zero-order chi connectivity index (χ0) is 22.6. The number of nitrogens with zero attached hydrogens (tertiary/aromatic N) is 4. The second kappa shape index (κ2) is 7.83. The molecule has 1 aromatic carbocycles. The van der Waals surface area contributed by atoms with Gasteiger partial charge >= 0.3 is 0 Å². The molecular formula is C22H24ClN5O3S. The summed E-state index contributed by atoms with van der Waals surface area (Å²) >= 11 is 6.24. The summed E-state index contributed by atoms with van der Waals surface area (Å²) in [7, 11) is -1.90. The number of hydrogen-bond donors (Lipinski definition) is 1. The molecule has 2 aliphatic rings. The Morgan fingerprint density at radius 3 is 2.59 bits per heavy atom. The first-order chi connectivity index (χ1) is 15.3. The lowest BCUT2D eigenvalue weighted by Gasteiger charge is -2.17. The molecule has 1 N–H and O–H groups in total. The summed E-state index contributed by atoms with van der Waals surface area (Å²) in [6.07, 6.45) is 3.79. The van der Waals surface area contributed by atoms with E-state index in [1.807, 2.05) is 20.0 Å². The van der Waals surface area contributed by atoms with Crippen molar-refractivity contribution in [2.75, 3.05) is 18.4 Å². The first-order valence-electron chi connectivity index (χ1n) is 10.7. The standard InChI is InChI=1S/C22H24ClN5O3S/c1-13-20-16(12-18(14-5-6-14)25-21(20)27(2)26-13)22(29)24-15-7-8-17(23)19(11-15)32(30,31)28-9-3-4-10-28/h7-8,11-12,14H,3-6,9-10H2,1-2H3,(H,24,29). The first kappa shape index (κ1) is 21.4. The topological polar surface area (TPSA) is 97.2 Å². The molecule has 3 aromatic rings. The van der Waals surface area contributed by atoms with Gasteiger partial charge in [0, 0.05) is 37.4 Å². The molecule has 168 valence electrons. The van der Waals surface area contributed by atoms with E-state index in [0.717, 1.165) is 37.1 Å². The van der Waals surface area contributed by atoms with Crippen LogP contribution in [0.3, 0.4) is 0 Å². The van der Waals surface area contributed by atoms with Crippen LogP contribution in [0.25, 0.3) is 11.0 Å². The predicted molar refractivity (Wildman–Crippen MR) is 123 cm³/mol. The minimum atomic E-state index is -3.71. The normalized spacial score (nSPS) is 17.2. The Balaban J connectivity index is 1.52. The number of nitrogens with one attached hydrogen (secondary N) is 1. The fraction of sp³-hybridized carbons (Fsp3) is 0.409. The maximum absolute atomic E-state index is 13.3. The minimum absolute atomic E-state index is 0.00923. The lowest BCUT2D eigenvalue weighted by Crippen LogP contribution is -2.28. The summed E-state index contributed by atoms with van der Waals surface area (Å²) in [5, 5.41) is 8.13. The molecule has 1 saturated heterocycles. The summed E-state index contributed by atoms with van der Waals surface area (Å²) in [6, 6.07) is 6.39. The van der Waals surface area contributed by atoms with E-state index in [1.165, 1.54) is 16.4 Å². The van der Waals surface area contributed by atoms with E-state index < -0.39 is 10.0 Å². The number of aromatic nitrogens is 3. The van der Waals surface area contributed by atoms with Gasteiger partial charge in [0.2, 0.25) is 10.0 Å². The second-order valence-electron chi connectivity index (χ2n) is 8.49. The van der Waals surface area contributed by atoms with Gasteiger partial charge in [-0.3, -0.25) is 9.48 Å². The van der Waals surface area contributed by atoms with Crippen LogP contribution in [0.1, 0.15) is 53.3 Å². The van der Waals surface area contributed by atoms with Crippen LogP contribution in [0.4, 0.5) is 5.69 Å². The van der Waals surface area contributed by atoms with Crippen molar-refractivity contribution in [3.8, 4) is 0 Å². The van der Waals surface area contributed by atoms with E-state index in [2.05, 4.69) is 10.4 Å². The van der Waals surface area contributed by atoms with E-state index in [1.54, 1.807) is 10.7 Å². The van der Waals surface area contributed by atoms with E-state index in [-0.39, 0.29) is 15.8 Å². The highest BCUT2D eigenvalue weighted by Gasteiger charge is 2.30. The van der Waals surface area contributed by atoms with Crippen LogP contribution in [-0.2, 0) is 17.1 Å². The second-order valence-corrected chi connectivity index (χ2v) is 10.8. The maximum atomic E-state index is 13.3. The third-order valence-electron chi connectivity index (χ3n) is 6.10. The zero-order valence-electron chi connectivity index (χ0n) is 17.9. The van der Waals surface area contributed by atoms with Crippen molar-refractivity contribution < 1.29 is 13.2 Å². The molecule has 1 aliphatic carbocycles. The first-order valence-corrected chi connectivity index (χ1v) is 12.5. The van der Waals surface area contributed by atoms with Crippen LogP contribution in [0.2, 0.25) is 5.02 Å². The molecule has 5 rings (SSSR count). The largest absolute Gasteiger partial charge is 0.322 e. The van der Waals surface area contributed by atoms with Crippen molar-refractivity contribution in [2.24, 2.45) is 7.05 Å². The van der Waals surface area contributed by atoms with Crippen molar-refractivity contribution >= 4 is 44.3 Å². The van der Waals surface area contributed by atoms with Gasteiger partial charge in [-0.1, -0.05) is 11.6 Å². The highest BCUT2D eigenvalue weighted by atomic mass is 35.5. The third-order valence-corrected chi connectivity index (χ3v) is 8.48. The molecule has 0 unspecified atom stereocenters. The predicted octanol–water partition coefficient (Wildman–Crippen LogP) is 3.84. The van der Waals surface area contributed by atoms with E-state index in [0.29, 0.717) is 41.3 Å². The van der Waals surface area contributed by atoms with Crippen LogP contribution in [0.5, 0.6) is 0 Å². The lowest BCUT2D eigenvalue weighted by molar-refractivity contribution is 0.102. The van der Waals surface area contributed by atoms with E-state index >= 15 is 0 Å². The number of carbonyl (C=O) groups excluding carboxylic acids is 1. The molecule has 1 aliphatic heterocycles. The van der Waals surface area contributed by atoms with Gasteiger partial charge in [0.05, 0.1) is 21.7 Å². The summed E-state index contributed by atoms with van der Waals surface area (Å²) in [5.74, 6) is 0.0381. The van der Waals surface area contributed by atoms with Crippen LogP contribution in [0, 0.1) is 6.92 Å². The number of hydrogen-bond acceptors (Lipinski definition) is 5. The van der Waals surface area contributed by atoms with Crippen LogP contribution in [-0.4, -0.2) is 46.5 Å². The van der Waals surface area contributed by atoms with Crippen molar-refractivity contribution in [3.05, 3.63) is 46.2 Å². The highest BCUT2D eigenvalue weighted by Crippen LogP contribution is 2.40. The maximum Gasteiger partial charge on any atom is 0.256 e. The van der Waals surface area contributed by atoms with Gasteiger partial charge in [-0.25, -0.2) is 13.4 Å². The fourth-order valence-corrected chi connectivity index (χ4v) is 6.29. The van der Waals surface area contributed by atoms with Gasteiger partial charge in [0.25, 0.3) is 5.91 Å². The number of benzene rings is 1. The van der Waals surface area contributed by atoms with Gasteiger partial charge in [0.15, 0.2) is 5.65 Å². The zero-order valence-corrected chi connectivity index (χ0v) is 19.5. The van der Waals surface area contributed by atoms with Crippen LogP contribution in [0.15, 0.2) is 29.2 Å². The average molecular weight is 474 g/mol. The Kier molecular flexibility index (Phi) is 5.22. The Bertz CT molecular complexity index is 1340. The molecule has 1 saturated carbocycles. The number of carbonyl (C=O) groups is 1. The molecule has 10 heteroatoms. The Hall–Kier alpha value is -2.49. The number of aryl methyl sites for hydroxylation is 2. The summed E-state index contributed by atoms with van der Waals surface area (Å²) < 4.78 is 29.2. The molecule has 8 nitrogen and oxygen atoms in total. The van der Waals surface area contributed by atoms with Gasteiger partial charge < -0.3 is 5.32 Å². The van der Waals surface area contributed by atoms with Crippen molar-refractivity contribution in [3.63, 3.8) is 0 Å². The number of fused-ring (bicyclic) bond motifs is 1. The van der Waals surface area contributed by atoms with Crippen molar-refractivity contribution in [1.29, 1.82) is 0 Å². The van der Waals surface area contributed by atoms with Gasteiger partial charge in [-0.05, 0) is 56.9 Å². The molecule has 2 fully saturated rings. The molecule has 3 heterocycles. The molecule has 0 atom stereocenters. The quantitative estimate of drug-likeness (QED) is 0.607. The summed E-state index contributed by atoms with van der Waals surface area (Å²) in [4.78, 5) is 18.1. The van der Waals surface area contributed by atoms with Gasteiger partial charge in [0.1, 0.15) is 4.90 Å². The highest BCUT2D eigenvalue weighted by molar-refractivity contribution is 7.89. The van der Waals surface area contributed by atoms with Crippen molar-refractivity contribution in [1.82, 2.24) is 19.1 Å². The van der Waals surface area contributed by atoms with E-state index in [9.17, 15) is 13.2 Å². The summed E-state index contributed by atoms with van der Waals surface area (Å²) in [6.45, 7) is 2.81. The van der Waals surface area contributed by atoms with Crippen LogP contribution < -0.4 is 5.32 Å². The number of anilines is 1. The molecular weight excluding hydrogens is 450 g/mol. The van der Waals surface area contributed by atoms with Crippen molar-refractivity contribution in [2.45, 2.75) is 43.4 Å². The Morgan fingerprint density at radius 1 is 1.19 bits per heavy atom. The number of amides is 1. The SMILES string of the molecule is Cc1nn(C)c2nc(C3CC3)cc(C(=O)Nc3ccc(Cl)c(S(=O)(=O)N4CCCC4)c3)c12. The third kappa shape index (κ3) is 3.68. The average Bonchev–Trinajstić information content (AvgIpc) is 3.37. The van der Waals surface area contributed by atoms with E-state index in [4.69, 9.17) is 16.6 Å². The molecule has 0 bridgehead atoms. The fourth-order valence-electron chi connectivity index (χ4n) is 4.28. The smallest absolute Gasteiger partial charge is 0.256 e. The Morgan fingerprint density at radius 2 is 1.91 bits per heavy atom. The minimum Gasteiger partial charge on any atom is -0.322 e. The molecule has 0 radical (unpaired) electrons. The number of pyridine rings is 1. The Labute approximate surface area is 191 Å². The van der Waals surface area contributed by atoms with Gasteiger partial charge in [-0.15, -0.1) is 0 Å². The molecule has 2 aromatic heterocycles. The number of halogens is 1.